The molecule has 1 rings (SSSR count). The molecule has 0 saturated heterocycles. The Labute approximate surface area is 70.3 Å². The van der Waals surface area contributed by atoms with Gasteiger partial charge < -0.3 is 10.2 Å². The summed E-state index contributed by atoms with van der Waals surface area (Å²) in [6, 6.07) is 3.69. The number of halogens is 1. The Morgan fingerprint density at radius 2 is 2.17 bits per heavy atom. The van der Waals surface area contributed by atoms with E-state index in [9.17, 15) is 9.50 Å². The maximum Gasteiger partial charge on any atom is 0.123 e. The van der Waals surface area contributed by atoms with Gasteiger partial charge in [-0.15, -0.1) is 0 Å². The fourth-order valence-electron chi connectivity index (χ4n) is 1.04. The Morgan fingerprint density at radius 3 is 2.75 bits per heavy atom. The summed E-state index contributed by atoms with van der Waals surface area (Å²) in [6.45, 7) is 1.59. The van der Waals surface area contributed by atoms with Crippen molar-refractivity contribution in [2.45, 2.75) is 19.4 Å². The summed E-state index contributed by atoms with van der Waals surface area (Å²) in [5.74, 6) is -0.374. The van der Waals surface area contributed by atoms with Gasteiger partial charge in [0.05, 0.1) is 6.10 Å². The average molecular weight is 170 g/mol. The van der Waals surface area contributed by atoms with Crippen LogP contribution in [0.3, 0.4) is 0 Å². The highest BCUT2D eigenvalue weighted by Gasteiger charge is 2.05. The highest BCUT2D eigenvalue weighted by atomic mass is 19.1. The molecule has 0 spiro atoms. The number of phenolic OH excluding ortho intramolecular Hbond substituents is 1. The van der Waals surface area contributed by atoms with Crippen molar-refractivity contribution in [1.82, 2.24) is 0 Å². The zero-order valence-corrected chi connectivity index (χ0v) is 6.79. The third-order valence-electron chi connectivity index (χ3n) is 1.56. The molecule has 0 bridgehead atoms. The predicted octanol–water partition coefficient (Wildman–Crippen LogP) is 1.45. The van der Waals surface area contributed by atoms with Crippen molar-refractivity contribution in [3.63, 3.8) is 0 Å². The Bertz CT molecular complexity index is 271. The molecule has 0 amide bonds. The second-order valence-corrected chi connectivity index (χ2v) is 2.83. The normalized spacial score (nSPS) is 12.9. The molecule has 0 heterocycles. The van der Waals surface area contributed by atoms with E-state index >= 15 is 0 Å². The third-order valence-corrected chi connectivity index (χ3v) is 1.56. The van der Waals surface area contributed by atoms with Gasteiger partial charge in [0, 0.05) is 6.42 Å². The van der Waals surface area contributed by atoms with Crippen molar-refractivity contribution in [2.75, 3.05) is 0 Å². The molecule has 0 fully saturated rings. The van der Waals surface area contributed by atoms with E-state index in [1.807, 2.05) is 0 Å². The zero-order chi connectivity index (χ0) is 9.14. The van der Waals surface area contributed by atoms with Crippen LogP contribution in [0.25, 0.3) is 0 Å². The number of rotatable bonds is 2. The largest absolute Gasteiger partial charge is 0.508 e. The van der Waals surface area contributed by atoms with Gasteiger partial charge in [-0.25, -0.2) is 4.39 Å². The summed E-state index contributed by atoms with van der Waals surface area (Å²) >= 11 is 0. The molecule has 1 atom stereocenters. The van der Waals surface area contributed by atoms with E-state index in [4.69, 9.17) is 5.11 Å². The van der Waals surface area contributed by atoms with Crippen LogP contribution in [0.5, 0.6) is 5.75 Å². The lowest BCUT2D eigenvalue weighted by molar-refractivity contribution is 0.194. The van der Waals surface area contributed by atoms with Crippen LogP contribution in [0.1, 0.15) is 12.5 Å². The molecule has 0 unspecified atom stereocenters. The Hall–Kier alpha value is -1.09. The van der Waals surface area contributed by atoms with E-state index in [1.54, 1.807) is 6.92 Å². The van der Waals surface area contributed by atoms with E-state index in [0.717, 1.165) is 0 Å². The van der Waals surface area contributed by atoms with Gasteiger partial charge in [-0.3, -0.25) is 0 Å². The van der Waals surface area contributed by atoms with Crippen LogP contribution in [-0.4, -0.2) is 16.3 Å². The summed E-state index contributed by atoms with van der Waals surface area (Å²) in [6.07, 6.45) is -0.304. The first-order chi connectivity index (χ1) is 5.59. The number of aliphatic hydroxyl groups is 1. The van der Waals surface area contributed by atoms with Crippen molar-refractivity contribution in [2.24, 2.45) is 0 Å². The number of hydrogen-bond acceptors (Lipinski definition) is 2. The van der Waals surface area contributed by atoms with Crippen molar-refractivity contribution in [3.05, 3.63) is 29.6 Å². The molecule has 0 aliphatic rings. The predicted molar refractivity (Wildman–Crippen MR) is 43.4 cm³/mol. The fraction of sp³-hybridized carbons (Fsp3) is 0.333. The minimum Gasteiger partial charge on any atom is -0.508 e. The number of aliphatic hydroxyl groups excluding tert-OH is 1. The van der Waals surface area contributed by atoms with Crippen LogP contribution in [0.2, 0.25) is 0 Å². The van der Waals surface area contributed by atoms with Gasteiger partial charge in [0.15, 0.2) is 0 Å². The molecule has 0 aromatic heterocycles. The SMILES string of the molecule is C[C@H](O)Cc1cc(F)ccc1O. The van der Waals surface area contributed by atoms with Crippen molar-refractivity contribution in [1.29, 1.82) is 0 Å². The molecule has 3 heteroatoms. The molecule has 66 valence electrons. The summed E-state index contributed by atoms with van der Waals surface area (Å²) in [5.41, 5.74) is 0.435. The second kappa shape index (κ2) is 3.54. The molecule has 2 nitrogen and oxygen atoms in total. The summed E-state index contributed by atoms with van der Waals surface area (Å²) in [5, 5.41) is 18.2. The van der Waals surface area contributed by atoms with Gasteiger partial charge in [0.2, 0.25) is 0 Å². The Balaban J connectivity index is 2.90. The van der Waals surface area contributed by atoms with Gasteiger partial charge in [0.1, 0.15) is 11.6 Å². The smallest absolute Gasteiger partial charge is 0.123 e. The summed E-state index contributed by atoms with van der Waals surface area (Å²) in [4.78, 5) is 0. The molecule has 12 heavy (non-hydrogen) atoms. The maximum atomic E-state index is 12.6. The molecule has 0 saturated carbocycles. The maximum absolute atomic E-state index is 12.6. The molecule has 1 aromatic carbocycles. The van der Waals surface area contributed by atoms with Gasteiger partial charge in [-0.05, 0) is 30.7 Å². The number of hydrogen-bond donors (Lipinski definition) is 2. The first kappa shape index (κ1) is 9.00. The monoisotopic (exact) mass is 170 g/mol. The lowest BCUT2D eigenvalue weighted by atomic mass is 10.1. The van der Waals surface area contributed by atoms with Gasteiger partial charge in [-0.2, -0.15) is 0 Å². The standard InChI is InChI=1S/C9H11FO2/c1-6(11)4-7-5-8(10)2-3-9(7)12/h2-3,5-6,11-12H,4H2,1H3/t6-/m0/s1. The molecule has 1 aromatic rings. The van der Waals surface area contributed by atoms with Crippen molar-refractivity contribution < 1.29 is 14.6 Å². The van der Waals surface area contributed by atoms with Crippen LogP contribution in [0, 0.1) is 5.82 Å². The molecule has 0 aliphatic carbocycles. The fourth-order valence-corrected chi connectivity index (χ4v) is 1.04. The zero-order valence-electron chi connectivity index (χ0n) is 6.79. The van der Waals surface area contributed by atoms with Gasteiger partial charge in [0.25, 0.3) is 0 Å². The topological polar surface area (TPSA) is 40.5 Å². The van der Waals surface area contributed by atoms with Crippen LogP contribution in [0.4, 0.5) is 4.39 Å². The quantitative estimate of drug-likeness (QED) is 0.705. The van der Waals surface area contributed by atoms with Crippen LogP contribution >= 0.6 is 0 Å². The highest BCUT2D eigenvalue weighted by Crippen LogP contribution is 2.19. The first-order valence-corrected chi connectivity index (χ1v) is 3.75. The van der Waals surface area contributed by atoms with E-state index < -0.39 is 11.9 Å². The van der Waals surface area contributed by atoms with Crippen molar-refractivity contribution in [3.8, 4) is 5.75 Å². The number of benzene rings is 1. The van der Waals surface area contributed by atoms with E-state index in [2.05, 4.69) is 0 Å². The highest BCUT2D eigenvalue weighted by molar-refractivity contribution is 5.32. The van der Waals surface area contributed by atoms with Crippen LogP contribution in [0.15, 0.2) is 18.2 Å². The summed E-state index contributed by atoms with van der Waals surface area (Å²) < 4.78 is 12.6. The van der Waals surface area contributed by atoms with E-state index in [0.29, 0.717) is 5.56 Å². The third kappa shape index (κ3) is 2.20. The molecule has 0 radical (unpaired) electrons. The molecule has 0 aliphatic heterocycles. The average Bonchev–Trinajstić information content (AvgIpc) is 1.96. The Kier molecular flexibility index (Phi) is 2.65. The number of aromatic hydroxyl groups is 1. The molecular weight excluding hydrogens is 159 g/mol. The van der Waals surface area contributed by atoms with Crippen LogP contribution < -0.4 is 0 Å². The summed E-state index contributed by atoms with van der Waals surface area (Å²) in [7, 11) is 0. The molecule has 2 N–H and O–H groups in total. The van der Waals surface area contributed by atoms with E-state index in [1.165, 1.54) is 18.2 Å². The van der Waals surface area contributed by atoms with Gasteiger partial charge in [-0.1, -0.05) is 0 Å². The lowest BCUT2D eigenvalue weighted by Crippen LogP contribution is -2.04. The first-order valence-electron chi connectivity index (χ1n) is 3.75. The second-order valence-electron chi connectivity index (χ2n) is 2.83. The minimum absolute atomic E-state index is 0.0253. The minimum atomic E-state index is -0.572. The van der Waals surface area contributed by atoms with Gasteiger partial charge >= 0.3 is 0 Å². The van der Waals surface area contributed by atoms with Crippen LogP contribution in [-0.2, 0) is 6.42 Å². The Morgan fingerprint density at radius 1 is 1.50 bits per heavy atom. The van der Waals surface area contributed by atoms with Crippen molar-refractivity contribution >= 4 is 0 Å². The molecular formula is C9H11FO2. The van der Waals surface area contributed by atoms with E-state index in [-0.39, 0.29) is 12.2 Å². The lowest BCUT2D eigenvalue weighted by Gasteiger charge is -2.06. The number of phenols is 1.